The number of hydrogen-bond acceptors (Lipinski definition) is 4. The van der Waals surface area contributed by atoms with Crippen LogP contribution in [-0.4, -0.2) is 57.0 Å². The SMILES string of the molecule is CCN(CCOC)C1(CN)CCCC(OC)C1. The van der Waals surface area contributed by atoms with Gasteiger partial charge in [0.05, 0.1) is 12.7 Å². The third-order valence-electron chi connectivity index (χ3n) is 4.11. The summed E-state index contributed by atoms with van der Waals surface area (Å²) in [4.78, 5) is 2.47. The Morgan fingerprint density at radius 1 is 1.41 bits per heavy atom. The van der Waals surface area contributed by atoms with Gasteiger partial charge in [-0.1, -0.05) is 6.92 Å². The molecule has 2 atom stereocenters. The zero-order chi connectivity index (χ0) is 12.7. The van der Waals surface area contributed by atoms with E-state index in [4.69, 9.17) is 15.2 Å². The number of rotatable bonds is 7. The van der Waals surface area contributed by atoms with E-state index in [0.717, 1.165) is 26.1 Å². The monoisotopic (exact) mass is 244 g/mol. The van der Waals surface area contributed by atoms with Gasteiger partial charge in [0.15, 0.2) is 0 Å². The molecule has 0 bridgehead atoms. The molecule has 4 heteroatoms. The second-order valence-corrected chi connectivity index (χ2v) is 4.95. The lowest BCUT2D eigenvalue weighted by Crippen LogP contribution is -2.58. The van der Waals surface area contributed by atoms with Gasteiger partial charge < -0.3 is 15.2 Å². The van der Waals surface area contributed by atoms with Crippen molar-refractivity contribution in [2.75, 3.05) is 40.5 Å². The fraction of sp³-hybridized carbons (Fsp3) is 1.00. The molecule has 0 aromatic heterocycles. The Morgan fingerprint density at radius 3 is 2.71 bits per heavy atom. The molecule has 17 heavy (non-hydrogen) atoms. The van der Waals surface area contributed by atoms with E-state index in [2.05, 4.69) is 11.8 Å². The van der Waals surface area contributed by atoms with Crippen molar-refractivity contribution in [1.82, 2.24) is 4.90 Å². The summed E-state index contributed by atoms with van der Waals surface area (Å²) in [6.07, 6.45) is 4.97. The van der Waals surface area contributed by atoms with Crippen molar-refractivity contribution in [3.05, 3.63) is 0 Å². The number of hydrogen-bond donors (Lipinski definition) is 1. The van der Waals surface area contributed by atoms with Gasteiger partial charge in [0, 0.05) is 32.8 Å². The van der Waals surface area contributed by atoms with Crippen LogP contribution in [0.1, 0.15) is 32.6 Å². The Kier molecular flexibility index (Phi) is 6.41. The second kappa shape index (κ2) is 7.31. The predicted molar refractivity (Wildman–Crippen MR) is 70.2 cm³/mol. The second-order valence-electron chi connectivity index (χ2n) is 4.95. The number of ether oxygens (including phenoxy) is 2. The fourth-order valence-corrected chi connectivity index (χ4v) is 3.02. The lowest BCUT2D eigenvalue weighted by molar-refractivity contribution is -0.0273. The standard InChI is InChI=1S/C13H28N2O2/c1-4-15(8-9-16-2)13(11-14)7-5-6-12(10-13)17-3/h12H,4-11,14H2,1-3H3. The number of nitrogens with two attached hydrogens (primary N) is 1. The Morgan fingerprint density at radius 2 is 2.18 bits per heavy atom. The Balaban J connectivity index is 2.69. The van der Waals surface area contributed by atoms with E-state index in [1.165, 1.54) is 19.3 Å². The van der Waals surface area contributed by atoms with E-state index >= 15 is 0 Å². The molecule has 2 unspecified atom stereocenters. The zero-order valence-corrected chi connectivity index (χ0v) is 11.6. The molecular formula is C13H28N2O2. The lowest BCUT2D eigenvalue weighted by atomic mass is 9.78. The van der Waals surface area contributed by atoms with Crippen molar-refractivity contribution < 1.29 is 9.47 Å². The van der Waals surface area contributed by atoms with Gasteiger partial charge in [-0.3, -0.25) is 4.90 Å². The number of methoxy groups -OCH3 is 2. The van der Waals surface area contributed by atoms with Crippen LogP contribution in [0.3, 0.4) is 0 Å². The largest absolute Gasteiger partial charge is 0.383 e. The van der Waals surface area contributed by atoms with Gasteiger partial charge in [-0.2, -0.15) is 0 Å². The zero-order valence-electron chi connectivity index (χ0n) is 11.6. The molecule has 0 spiro atoms. The van der Waals surface area contributed by atoms with Gasteiger partial charge in [-0.05, 0) is 32.2 Å². The molecule has 1 fully saturated rings. The summed E-state index contributed by atoms with van der Waals surface area (Å²) in [5.41, 5.74) is 6.18. The molecule has 1 aliphatic carbocycles. The van der Waals surface area contributed by atoms with Crippen LogP contribution in [0.25, 0.3) is 0 Å². The highest BCUT2D eigenvalue weighted by atomic mass is 16.5. The van der Waals surface area contributed by atoms with Crippen molar-refractivity contribution >= 4 is 0 Å². The normalized spacial score (nSPS) is 29.8. The van der Waals surface area contributed by atoms with E-state index < -0.39 is 0 Å². The molecule has 2 N–H and O–H groups in total. The minimum Gasteiger partial charge on any atom is -0.383 e. The molecule has 1 saturated carbocycles. The molecule has 4 nitrogen and oxygen atoms in total. The third kappa shape index (κ3) is 3.65. The van der Waals surface area contributed by atoms with Gasteiger partial charge in [-0.15, -0.1) is 0 Å². The first-order valence-electron chi connectivity index (χ1n) is 6.69. The van der Waals surface area contributed by atoms with Crippen LogP contribution in [0.4, 0.5) is 0 Å². The van der Waals surface area contributed by atoms with Crippen LogP contribution in [-0.2, 0) is 9.47 Å². The molecule has 0 radical (unpaired) electrons. The molecule has 0 heterocycles. The summed E-state index contributed by atoms with van der Waals surface area (Å²) < 4.78 is 10.7. The minimum absolute atomic E-state index is 0.117. The maximum Gasteiger partial charge on any atom is 0.0589 e. The summed E-state index contributed by atoms with van der Waals surface area (Å²) in [5, 5.41) is 0. The highest BCUT2D eigenvalue weighted by Gasteiger charge is 2.39. The molecule has 0 aliphatic heterocycles. The van der Waals surface area contributed by atoms with Gasteiger partial charge in [0.1, 0.15) is 0 Å². The quantitative estimate of drug-likeness (QED) is 0.732. The van der Waals surface area contributed by atoms with E-state index in [1.807, 2.05) is 7.11 Å². The van der Waals surface area contributed by atoms with Gasteiger partial charge in [-0.25, -0.2) is 0 Å². The first-order valence-corrected chi connectivity index (χ1v) is 6.69. The van der Waals surface area contributed by atoms with Gasteiger partial charge >= 0.3 is 0 Å². The van der Waals surface area contributed by atoms with Crippen LogP contribution in [0.5, 0.6) is 0 Å². The Bertz CT molecular complexity index is 214. The highest BCUT2D eigenvalue weighted by Crippen LogP contribution is 2.34. The predicted octanol–water partition coefficient (Wildman–Crippen LogP) is 1.24. The van der Waals surface area contributed by atoms with Crippen molar-refractivity contribution in [2.45, 2.75) is 44.2 Å². The van der Waals surface area contributed by atoms with Crippen LogP contribution in [0.2, 0.25) is 0 Å². The molecule has 0 saturated heterocycles. The van der Waals surface area contributed by atoms with Crippen molar-refractivity contribution in [2.24, 2.45) is 5.73 Å². The van der Waals surface area contributed by atoms with Crippen LogP contribution < -0.4 is 5.73 Å². The number of likely N-dealkylation sites (N-methyl/N-ethyl adjacent to an activating group) is 1. The average Bonchev–Trinajstić information content (AvgIpc) is 2.39. The van der Waals surface area contributed by atoms with Gasteiger partial charge in [0.2, 0.25) is 0 Å². The fourth-order valence-electron chi connectivity index (χ4n) is 3.02. The maximum absolute atomic E-state index is 6.07. The molecule has 0 amide bonds. The molecule has 1 rings (SSSR count). The van der Waals surface area contributed by atoms with Crippen molar-refractivity contribution in [3.8, 4) is 0 Å². The van der Waals surface area contributed by atoms with Gasteiger partial charge in [0.25, 0.3) is 0 Å². The summed E-state index contributed by atoms with van der Waals surface area (Å²) in [6, 6.07) is 0. The Hall–Kier alpha value is -0.160. The van der Waals surface area contributed by atoms with Crippen LogP contribution in [0, 0.1) is 0 Å². The van der Waals surface area contributed by atoms with E-state index in [9.17, 15) is 0 Å². The summed E-state index contributed by atoms with van der Waals surface area (Å²) in [5.74, 6) is 0. The molecular weight excluding hydrogens is 216 g/mol. The molecule has 0 aromatic rings. The maximum atomic E-state index is 6.07. The molecule has 0 aromatic carbocycles. The minimum atomic E-state index is 0.117. The van der Waals surface area contributed by atoms with E-state index in [0.29, 0.717) is 12.6 Å². The third-order valence-corrected chi connectivity index (χ3v) is 4.11. The molecule has 1 aliphatic rings. The topological polar surface area (TPSA) is 47.7 Å². The highest BCUT2D eigenvalue weighted by molar-refractivity contribution is 4.96. The lowest BCUT2D eigenvalue weighted by Gasteiger charge is -2.47. The summed E-state index contributed by atoms with van der Waals surface area (Å²) >= 11 is 0. The molecule has 102 valence electrons. The first kappa shape index (κ1) is 14.9. The first-order chi connectivity index (χ1) is 8.22. The van der Waals surface area contributed by atoms with Crippen LogP contribution in [0.15, 0.2) is 0 Å². The van der Waals surface area contributed by atoms with Crippen molar-refractivity contribution in [3.63, 3.8) is 0 Å². The average molecular weight is 244 g/mol. The van der Waals surface area contributed by atoms with E-state index in [1.54, 1.807) is 7.11 Å². The van der Waals surface area contributed by atoms with Crippen molar-refractivity contribution in [1.29, 1.82) is 0 Å². The smallest absolute Gasteiger partial charge is 0.0589 e. The summed E-state index contributed by atoms with van der Waals surface area (Å²) in [6.45, 7) is 5.67. The Labute approximate surface area is 105 Å². The van der Waals surface area contributed by atoms with Crippen LogP contribution >= 0.6 is 0 Å². The summed E-state index contributed by atoms with van der Waals surface area (Å²) in [7, 11) is 3.56. The number of nitrogens with zero attached hydrogens (tertiary/aromatic N) is 1. The van der Waals surface area contributed by atoms with E-state index in [-0.39, 0.29) is 5.54 Å².